The van der Waals surface area contributed by atoms with Crippen LogP contribution in [0.1, 0.15) is 35.1 Å². The molecule has 31 heavy (non-hydrogen) atoms. The van der Waals surface area contributed by atoms with Crippen molar-refractivity contribution in [2.24, 2.45) is 0 Å². The number of fused-ring (bicyclic) bond motifs is 1. The number of urea groups is 1. The van der Waals surface area contributed by atoms with Crippen LogP contribution in [0, 0.1) is 5.82 Å². The van der Waals surface area contributed by atoms with E-state index in [-0.39, 0.29) is 11.8 Å². The van der Waals surface area contributed by atoms with Crippen LogP contribution in [0.2, 0.25) is 0 Å². The minimum Gasteiger partial charge on any atom is -0.326 e. The van der Waals surface area contributed by atoms with Crippen LogP contribution in [-0.2, 0) is 0 Å². The predicted octanol–water partition coefficient (Wildman–Crippen LogP) is 3.39. The van der Waals surface area contributed by atoms with Crippen molar-refractivity contribution in [3.8, 4) is 0 Å². The van der Waals surface area contributed by atoms with Crippen LogP contribution >= 0.6 is 0 Å². The molecule has 1 aliphatic carbocycles. The topological polar surface area (TPSA) is 30.0 Å². The van der Waals surface area contributed by atoms with Gasteiger partial charge in [0.2, 0.25) is 0 Å². The third kappa shape index (κ3) is 4.06. The van der Waals surface area contributed by atoms with Gasteiger partial charge >= 0.3 is 6.03 Å². The second-order valence-electron chi connectivity index (χ2n) is 9.05. The summed E-state index contributed by atoms with van der Waals surface area (Å²) < 4.78 is 13.4. The molecule has 2 fully saturated rings. The Bertz CT molecular complexity index is 925. The van der Waals surface area contributed by atoms with Gasteiger partial charge in [-0.3, -0.25) is 9.80 Å². The molecule has 0 bridgehead atoms. The van der Waals surface area contributed by atoms with Crippen molar-refractivity contribution in [1.82, 2.24) is 19.6 Å². The molecule has 0 aromatic heterocycles. The number of amides is 2. The van der Waals surface area contributed by atoms with Crippen molar-refractivity contribution in [2.75, 3.05) is 59.4 Å². The number of carbonyl (C=O) groups excluding carboxylic acids is 1. The van der Waals surface area contributed by atoms with E-state index in [0.717, 1.165) is 58.8 Å². The number of piperazine rings is 1. The van der Waals surface area contributed by atoms with E-state index in [9.17, 15) is 9.18 Å². The molecule has 2 aromatic carbocycles. The average molecular weight is 423 g/mol. The lowest BCUT2D eigenvalue weighted by Gasteiger charge is -2.39. The fraction of sp³-hybridized carbons (Fsp3) is 0.480. The molecule has 0 unspecified atom stereocenters. The zero-order valence-electron chi connectivity index (χ0n) is 18.2. The maximum absolute atomic E-state index is 13.4. The van der Waals surface area contributed by atoms with Crippen LogP contribution in [0.4, 0.5) is 9.18 Å². The van der Waals surface area contributed by atoms with E-state index >= 15 is 0 Å². The molecular weight excluding hydrogens is 391 g/mol. The highest BCUT2D eigenvalue weighted by Gasteiger charge is 2.36. The smallest absolute Gasteiger partial charge is 0.319 e. The summed E-state index contributed by atoms with van der Waals surface area (Å²) in [4.78, 5) is 21.0. The number of halogens is 1. The highest BCUT2D eigenvalue weighted by molar-refractivity contribution is 5.76. The number of nitrogens with zero attached hydrogens (tertiary/aromatic N) is 4. The van der Waals surface area contributed by atoms with Crippen molar-refractivity contribution >= 4 is 6.03 Å². The van der Waals surface area contributed by atoms with Gasteiger partial charge in [-0.2, -0.15) is 0 Å². The summed E-state index contributed by atoms with van der Waals surface area (Å²) in [5, 5.41) is 0. The molecular formula is C25H31FN4O. The molecule has 0 N–H and O–H groups in total. The number of benzene rings is 2. The fourth-order valence-electron chi connectivity index (χ4n) is 5.44. The van der Waals surface area contributed by atoms with Crippen molar-refractivity contribution < 1.29 is 9.18 Å². The molecule has 0 radical (unpaired) electrons. The number of rotatable bonds is 5. The Morgan fingerprint density at radius 3 is 2.26 bits per heavy atom. The maximum atomic E-state index is 13.4. The van der Waals surface area contributed by atoms with Crippen LogP contribution in [-0.4, -0.2) is 85.0 Å². The van der Waals surface area contributed by atoms with Gasteiger partial charge in [-0.05, 0) is 35.2 Å². The molecule has 2 atom stereocenters. The van der Waals surface area contributed by atoms with Gasteiger partial charge in [0.25, 0.3) is 0 Å². The van der Waals surface area contributed by atoms with E-state index in [1.807, 2.05) is 24.1 Å². The van der Waals surface area contributed by atoms with E-state index in [4.69, 9.17) is 0 Å². The molecule has 5 nitrogen and oxygen atoms in total. The summed E-state index contributed by atoms with van der Waals surface area (Å²) >= 11 is 0. The largest absolute Gasteiger partial charge is 0.326 e. The highest BCUT2D eigenvalue weighted by Crippen LogP contribution is 2.46. The molecule has 6 heteroatoms. The van der Waals surface area contributed by atoms with E-state index in [1.54, 1.807) is 17.0 Å². The number of carbonyl (C=O) groups is 1. The molecule has 2 aromatic rings. The van der Waals surface area contributed by atoms with Gasteiger partial charge in [0.1, 0.15) is 5.82 Å². The molecule has 3 aliphatic rings. The average Bonchev–Trinajstić information content (AvgIpc) is 3.34. The first-order valence-corrected chi connectivity index (χ1v) is 11.4. The third-order valence-corrected chi connectivity index (χ3v) is 7.30. The monoisotopic (exact) mass is 422 g/mol. The van der Waals surface area contributed by atoms with Crippen LogP contribution < -0.4 is 0 Å². The minimum atomic E-state index is -0.176. The number of likely N-dealkylation sites (N-methyl/N-ethyl adjacent to an activating group) is 1. The fourth-order valence-corrected chi connectivity index (χ4v) is 5.44. The quantitative estimate of drug-likeness (QED) is 0.740. The maximum Gasteiger partial charge on any atom is 0.319 e. The Kier molecular flexibility index (Phi) is 5.67. The molecule has 0 saturated carbocycles. The van der Waals surface area contributed by atoms with Gasteiger partial charge < -0.3 is 9.80 Å². The van der Waals surface area contributed by atoms with E-state index < -0.39 is 0 Å². The Labute approximate surface area is 184 Å². The van der Waals surface area contributed by atoms with Crippen molar-refractivity contribution in [1.29, 1.82) is 0 Å². The van der Waals surface area contributed by atoms with Crippen LogP contribution in [0.3, 0.4) is 0 Å². The van der Waals surface area contributed by atoms with Crippen molar-refractivity contribution in [3.05, 3.63) is 71.0 Å². The highest BCUT2D eigenvalue weighted by atomic mass is 19.1. The zero-order valence-corrected chi connectivity index (χ0v) is 18.2. The zero-order chi connectivity index (χ0) is 21.4. The molecule has 2 amide bonds. The summed E-state index contributed by atoms with van der Waals surface area (Å²) in [6.07, 6.45) is 1.06. The van der Waals surface area contributed by atoms with E-state index in [2.05, 4.69) is 34.1 Å². The normalized spacial score (nSPS) is 24.8. The SMILES string of the molecule is CN1CCN(CCN2CCN([C@H]3C[C@H](c4ccc(F)cc4)c4ccccc43)CC2)C1=O. The van der Waals surface area contributed by atoms with Crippen LogP contribution in [0.15, 0.2) is 48.5 Å². The summed E-state index contributed by atoms with van der Waals surface area (Å²) in [7, 11) is 1.87. The van der Waals surface area contributed by atoms with Gasteiger partial charge in [-0.25, -0.2) is 9.18 Å². The minimum absolute atomic E-state index is 0.160. The third-order valence-electron chi connectivity index (χ3n) is 7.30. The number of hydrogen-bond acceptors (Lipinski definition) is 3. The molecule has 2 saturated heterocycles. The Balaban J connectivity index is 1.21. The lowest BCUT2D eigenvalue weighted by Crippen LogP contribution is -2.49. The molecule has 0 spiro atoms. The number of hydrogen-bond donors (Lipinski definition) is 0. The first-order chi connectivity index (χ1) is 15.1. The molecule has 164 valence electrons. The summed E-state index contributed by atoms with van der Waals surface area (Å²) in [5.41, 5.74) is 4.02. The summed E-state index contributed by atoms with van der Waals surface area (Å²) in [5.74, 6) is 0.156. The first-order valence-electron chi connectivity index (χ1n) is 11.4. The van der Waals surface area contributed by atoms with Crippen molar-refractivity contribution in [2.45, 2.75) is 18.4 Å². The van der Waals surface area contributed by atoms with Gasteiger partial charge in [0, 0.05) is 71.4 Å². The van der Waals surface area contributed by atoms with Gasteiger partial charge in [0.15, 0.2) is 0 Å². The van der Waals surface area contributed by atoms with Gasteiger partial charge in [0.05, 0.1) is 0 Å². The Morgan fingerprint density at radius 2 is 1.58 bits per heavy atom. The second kappa shape index (κ2) is 8.60. The van der Waals surface area contributed by atoms with Gasteiger partial charge in [-0.1, -0.05) is 36.4 Å². The van der Waals surface area contributed by atoms with E-state index in [1.165, 1.54) is 16.7 Å². The molecule has 2 aliphatic heterocycles. The first kappa shape index (κ1) is 20.5. The van der Waals surface area contributed by atoms with Crippen LogP contribution in [0.5, 0.6) is 0 Å². The van der Waals surface area contributed by atoms with Crippen molar-refractivity contribution in [3.63, 3.8) is 0 Å². The second-order valence-corrected chi connectivity index (χ2v) is 9.05. The Morgan fingerprint density at radius 1 is 0.871 bits per heavy atom. The summed E-state index contributed by atoms with van der Waals surface area (Å²) in [6.45, 7) is 7.62. The van der Waals surface area contributed by atoms with Gasteiger partial charge in [-0.15, -0.1) is 0 Å². The molecule has 5 rings (SSSR count). The molecule has 2 heterocycles. The predicted molar refractivity (Wildman–Crippen MR) is 120 cm³/mol. The Hall–Kier alpha value is -2.44. The van der Waals surface area contributed by atoms with E-state index in [0.29, 0.717) is 12.0 Å². The standard InChI is InChI=1S/C25H31FN4O/c1-27-10-14-30(25(27)31)17-13-28-11-15-29(16-12-28)24-18-23(19-6-8-20(26)9-7-19)21-4-2-3-5-22(21)24/h2-9,23-24H,10-18H2,1H3/t23-,24+/m1/s1. The summed E-state index contributed by atoms with van der Waals surface area (Å²) in [6, 6.07) is 16.4. The lowest BCUT2D eigenvalue weighted by molar-refractivity contribution is 0.0902. The van der Waals surface area contributed by atoms with Crippen LogP contribution in [0.25, 0.3) is 0 Å². The lowest BCUT2D eigenvalue weighted by atomic mass is 9.93.